The van der Waals surface area contributed by atoms with Gasteiger partial charge in [0.25, 0.3) is 0 Å². The lowest BCUT2D eigenvalue weighted by molar-refractivity contribution is 0.578. The fourth-order valence-electron chi connectivity index (χ4n) is 0.942. The molecule has 14 heavy (non-hydrogen) atoms. The molecule has 0 saturated heterocycles. The number of hydrogen-bond acceptors (Lipinski definition) is 2. The van der Waals surface area contributed by atoms with Crippen molar-refractivity contribution in [3.63, 3.8) is 0 Å². The van der Waals surface area contributed by atoms with Gasteiger partial charge in [-0.25, -0.2) is 4.98 Å². The number of aromatic nitrogens is 2. The zero-order valence-corrected chi connectivity index (χ0v) is 9.07. The van der Waals surface area contributed by atoms with Gasteiger partial charge in [0.15, 0.2) is 0 Å². The summed E-state index contributed by atoms with van der Waals surface area (Å²) in [4.78, 5) is 8.27. The van der Waals surface area contributed by atoms with E-state index in [-0.39, 0.29) is 5.41 Å². The fourth-order valence-corrected chi connectivity index (χ4v) is 0.942. The standard InChI is InChI=1S/C10H18N4/c1-10(2,3)9(11)13-5-7-14-6-4-12-8-14/h4,6,8H,5,7H2,1-3H3,(H2,11,13). The van der Waals surface area contributed by atoms with Crippen molar-refractivity contribution < 1.29 is 0 Å². The topological polar surface area (TPSA) is 56.2 Å². The molecule has 4 heteroatoms. The molecule has 0 aliphatic heterocycles. The lowest BCUT2D eigenvalue weighted by atomic mass is 9.95. The molecule has 0 aliphatic carbocycles. The molecule has 1 rings (SSSR count). The summed E-state index contributed by atoms with van der Waals surface area (Å²) >= 11 is 0. The molecule has 0 bridgehead atoms. The normalized spacial score (nSPS) is 13.2. The Kier molecular flexibility index (Phi) is 3.28. The first-order valence-corrected chi connectivity index (χ1v) is 4.76. The van der Waals surface area contributed by atoms with Gasteiger partial charge < -0.3 is 10.3 Å². The number of amidine groups is 1. The van der Waals surface area contributed by atoms with Crippen LogP contribution in [0, 0.1) is 5.41 Å². The predicted octanol–water partition coefficient (Wildman–Crippen LogP) is 1.29. The highest BCUT2D eigenvalue weighted by Crippen LogP contribution is 2.12. The zero-order chi connectivity index (χ0) is 10.6. The summed E-state index contributed by atoms with van der Waals surface area (Å²) in [6, 6.07) is 0. The summed E-state index contributed by atoms with van der Waals surface area (Å²) in [7, 11) is 0. The summed E-state index contributed by atoms with van der Waals surface area (Å²) in [6.45, 7) is 7.71. The van der Waals surface area contributed by atoms with Crippen LogP contribution in [0.3, 0.4) is 0 Å². The zero-order valence-electron chi connectivity index (χ0n) is 9.07. The molecular weight excluding hydrogens is 176 g/mol. The molecule has 0 radical (unpaired) electrons. The second-order valence-corrected chi connectivity index (χ2v) is 4.32. The maximum absolute atomic E-state index is 5.82. The van der Waals surface area contributed by atoms with Crippen LogP contribution >= 0.6 is 0 Å². The van der Waals surface area contributed by atoms with Crippen molar-refractivity contribution in [3.05, 3.63) is 18.7 Å². The summed E-state index contributed by atoms with van der Waals surface area (Å²) in [5.74, 6) is 0.706. The van der Waals surface area contributed by atoms with Gasteiger partial charge in [0, 0.05) is 24.4 Å². The first kappa shape index (κ1) is 10.8. The lowest BCUT2D eigenvalue weighted by Crippen LogP contribution is -2.29. The van der Waals surface area contributed by atoms with E-state index in [1.165, 1.54) is 0 Å². The van der Waals surface area contributed by atoms with Gasteiger partial charge in [0.2, 0.25) is 0 Å². The summed E-state index contributed by atoms with van der Waals surface area (Å²) in [5.41, 5.74) is 5.78. The minimum absolute atomic E-state index is 0.0328. The van der Waals surface area contributed by atoms with E-state index in [0.717, 1.165) is 6.54 Å². The molecule has 0 aliphatic rings. The molecule has 78 valence electrons. The number of imidazole rings is 1. The second-order valence-electron chi connectivity index (χ2n) is 4.32. The number of aliphatic imine (C=N–C) groups is 1. The molecule has 0 unspecified atom stereocenters. The van der Waals surface area contributed by atoms with Crippen LogP contribution in [0.4, 0.5) is 0 Å². The van der Waals surface area contributed by atoms with Crippen LogP contribution in [-0.2, 0) is 6.54 Å². The fraction of sp³-hybridized carbons (Fsp3) is 0.600. The van der Waals surface area contributed by atoms with Crippen molar-refractivity contribution in [3.8, 4) is 0 Å². The van der Waals surface area contributed by atoms with Crippen molar-refractivity contribution in [2.45, 2.75) is 27.3 Å². The van der Waals surface area contributed by atoms with Crippen molar-refractivity contribution in [2.75, 3.05) is 6.54 Å². The summed E-state index contributed by atoms with van der Waals surface area (Å²) in [6.07, 6.45) is 5.46. The third kappa shape index (κ3) is 3.20. The van der Waals surface area contributed by atoms with E-state index in [1.54, 1.807) is 12.5 Å². The Hall–Kier alpha value is -1.32. The SMILES string of the molecule is CC(C)(C)C(N)=NCCn1ccnc1. The van der Waals surface area contributed by atoms with Gasteiger partial charge in [-0.1, -0.05) is 20.8 Å². The number of nitrogens with two attached hydrogens (primary N) is 1. The molecule has 2 N–H and O–H groups in total. The van der Waals surface area contributed by atoms with Crippen LogP contribution in [0.25, 0.3) is 0 Å². The van der Waals surface area contributed by atoms with Crippen LogP contribution < -0.4 is 5.73 Å². The van der Waals surface area contributed by atoms with Crippen LogP contribution in [0.15, 0.2) is 23.7 Å². The van der Waals surface area contributed by atoms with Gasteiger partial charge in [-0.3, -0.25) is 4.99 Å². The van der Waals surface area contributed by atoms with Gasteiger partial charge in [-0.2, -0.15) is 0 Å². The van der Waals surface area contributed by atoms with Crippen LogP contribution in [-0.4, -0.2) is 21.9 Å². The van der Waals surface area contributed by atoms with Crippen LogP contribution in [0.2, 0.25) is 0 Å². The van der Waals surface area contributed by atoms with E-state index in [2.05, 4.69) is 30.7 Å². The number of nitrogens with zero attached hydrogens (tertiary/aromatic N) is 3. The molecule has 0 atom stereocenters. The van der Waals surface area contributed by atoms with Crippen molar-refractivity contribution in [1.82, 2.24) is 9.55 Å². The average Bonchev–Trinajstić information content (AvgIpc) is 2.55. The molecule has 0 aromatic carbocycles. The van der Waals surface area contributed by atoms with Gasteiger partial charge in [-0.15, -0.1) is 0 Å². The van der Waals surface area contributed by atoms with Crippen molar-refractivity contribution in [1.29, 1.82) is 0 Å². The van der Waals surface area contributed by atoms with E-state index < -0.39 is 0 Å². The Morgan fingerprint density at radius 3 is 2.71 bits per heavy atom. The molecular formula is C10H18N4. The maximum Gasteiger partial charge on any atom is 0.0992 e. The second kappa shape index (κ2) is 4.26. The van der Waals surface area contributed by atoms with Gasteiger partial charge in [0.05, 0.1) is 18.7 Å². The first-order valence-electron chi connectivity index (χ1n) is 4.76. The Labute approximate surface area is 84.9 Å². The quantitative estimate of drug-likeness (QED) is 0.582. The van der Waals surface area contributed by atoms with Gasteiger partial charge >= 0.3 is 0 Å². The van der Waals surface area contributed by atoms with Crippen molar-refractivity contribution in [2.24, 2.45) is 16.1 Å². The predicted molar refractivity (Wildman–Crippen MR) is 58.2 cm³/mol. The minimum Gasteiger partial charge on any atom is -0.387 e. The van der Waals surface area contributed by atoms with Crippen LogP contribution in [0.1, 0.15) is 20.8 Å². The Morgan fingerprint density at radius 2 is 2.21 bits per heavy atom. The minimum atomic E-state index is -0.0328. The van der Waals surface area contributed by atoms with E-state index in [0.29, 0.717) is 12.4 Å². The van der Waals surface area contributed by atoms with Crippen LogP contribution in [0.5, 0.6) is 0 Å². The summed E-state index contributed by atoms with van der Waals surface area (Å²) < 4.78 is 1.99. The Morgan fingerprint density at radius 1 is 1.50 bits per heavy atom. The lowest BCUT2D eigenvalue weighted by Gasteiger charge is -2.17. The molecule has 1 heterocycles. The van der Waals surface area contributed by atoms with Gasteiger partial charge in [0.1, 0.15) is 0 Å². The van der Waals surface area contributed by atoms with E-state index in [9.17, 15) is 0 Å². The van der Waals surface area contributed by atoms with Crippen molar-refractivity contribution >= 4 is 5.84 Å². The highest BCUT2D eigenvalue weighted by atomic mass is 15.0. The Bertz CT molecular complexity index is 292. The molecule has 0 saturated carbocycles. The van der Waals surface area contributed by atoms with E-state index in [4.69, 9.17) is 5.73 Å². The molecule has 0 spiro atoms. The molecule has 0 fully saturated rings. The summed E-state index contributed by atoms with van der Waals surface area (Å²) in [5, 5.41) is 0. The highest BCUT2D eigenvalue weighted by molar-refractivity contribution is 5.85. The number of hydrogen-bond donors (Lipinski definition) is 1. The molecule has 1 aromatic rings. The molecule has 4 nitrogen and oxygen atoms in total. The largest absolute Gasteiger partial charge is 0.387 e. The van der Waals surface area contributed by atoms with E-state index in [1.807, 2.05) is 10.8 Å². The van der Waals surface area contributed by atoms with Gasteiger partial charge in [-0.05, 0) is 0 Å². The third-order valence-electron chi connectivity index (χ3n) is 1.97. The first-order chi connectivity index (χ1) is 6.50. The number of rotatable bonds is 3. The highest BCUT2D eigenvalue weighted by Gasteiger charge is 2.14. The average molecular weight is 194 g/mol. The van der Waals surface area contributed by atoms with E-state index >= 15 is 0 Å². The smallest absolute Gasteiger partial charge is 0.0992 e. The maximum atomic E-state index is 5.82. The molecule has 0 amide bonds. The monoisotopic (exact) mass is 194 g/mol. The third-order valence-corrected chi connectivity index (χ3v) is 1.97. The molecule has 1 aromatic heterocycles. The Balaban J connectivity index is 2.41.